The quantitative estimate of drug-likeness (QED) is 0.507. The van der Waals surface area contributed by atoms with Crippen molar-refractivity contribution in [2.45, 2.75) is 40.5 Å². The number of hydrogen-bond donors (Lipinski definition) is 2. The Labute approximate surface area is 162 Å². The van der Waals surface area contributed by atoms with Gasteiger partial charge >= 0.3 is 0 Å². The van der Waals surface area contributed by atoms with Crippen LogP contribution >= 0.6 is 0 Å². The van der Waals surface area contributed by atoms with Crippen LogP contribution in [0.5, 0.6) is 11.5 Å². The molecule has 3 nitrogen and oxygen atoms in total. The van der Waals surface area contributed by atoms with E-state index >= 15 is 0 Å². The van der Waals surface area contributed by atoms with E-state index in [-0.39, 0.29) is 11.5 Å². The van der Waals surface area contributed by atoms with Gasteiger partial charge in [-0.15, -0.1) is 0 Å². The van der Waals surface area contributed by atoms with E-state index in [1.54, 1.807) is 0 Å². The van der Waals surface area contributed by atoms with Crippen molar-refractivity contribution in [3.63, 3.8) is 0 Å². The molecule has 0 aliphatic rings. The van der Waals surface area contributed by atoms with E-state index in [0.717, 1.165) is 22.6 Å². The lowest BCUT2D eigenvalue weighted by Gasteiger charge is -2.24. The van der Waals surface area contributed by atoms with Gasteiger partial charge < -0.3 is 14.9 Å². The fourth-order valence-electron chi connectivity index (χ4n) is 2.80. The molecule has 144 valence electrons. The van der Waals surface area contributed by atoms with Crippen LogP contribution < -0.4 is 4.74 Å². The molecule has 2 rings (SSSR count). The molecule has 0 saturated heterocycles. The normalized spacial score (nSPS) is 11.9. The van der Waals surface area contributed by atoms with Gasteiger partial charge in [-0.1, -0.05) is 65.1 Å². The van der Waals surface area contributed by atoms with Gasteiger partial charge in [-0.2, -0.15) is 0 Å². The van der Waals surface area contributed by atoms with Crippen molar-refractivity contribution < 1.29 is 14.9 Å². The zero-order chi connectivity index (χ0) is 20.2. The van der Waals surface area contributed by atoms with Crippen LogP contribution in [-0.2, 0) is 12.8 Å². The van der Waals surface area contributed by atoms with E-state index in [4.69, 9.17) is 4.74 Å². The van der Waals surface area contributed by atoms with Crippen molar-refractivity contribution >= 4 is 0 Å². The molecule has 0 aliphatic heterocycles. The van der Waals surface area contributed by atoms with E-state index in [0.29, 0.717) is 12.8 Å². The van der Waals surface area contributed by atoms with E-state index in [1.165, 1.54) is 0 Å². The molecule has 2 aromatic rings. The van der Waals surface area contributed by atoms with Crippen molar-refractivity contribution in [3.8, 4) is 11.5 Å². The average molecular weight is 367 g/mol. The largest absolute Gasteiger partial charge is 0.512 e. The standard InChI is InChI=1S/C24H30O3/c1-17(25)23(3,4)15-19-9-7-11-21(13-19)27-22-12-8-10-20(14-22)16-24(5,6)18(2)26/h7-14,25-26H,1-2,15-16H2,3-6H3. The summed E-state index contributed by atoms with van der Waals surface area (Å²) in [5.41, 5.74) is 1.36. The maximum absolute atomic E-state index is 9.76. The first-order valence-electron chi connectivity index (χ1n) is 9.12. The molecule has 27 heavy (non-hydrogen) atoms. The summed E-state index contributed by atoms with van der Waals surface area (Å²) >= 11 is 0. The number of aliphatic hydroxyl groups is 2. The Bertz CT molecular complexity index is 762. The molecular weight excluding hydrogens is 336 g/mol. The van der Waals surface area contributed by atoms with Crippen LogP contribution in [0.15, 0.2) is 73.2 Å². The van der Waals surface area contributed by atoms with Crippen LogP contribution in [0.25, 0.3) is 0 Å². The third-order valence-electron chi connectivity index (χ3n) is 4.89. The summed E-state index contributed by atoms with van der Waals surface area (Å²) in [7, 11) is 0. The highest BCUT2D eigenvalue weighted by atomic mass is 16.5. The number of rotatable bonds is 8. The molecule has 3 heteroatoms. The lowest BCUT2D eigenvalue weighted by molar-refractivity contribution is 0.258. The van der Waals surface area contributed by atoms with Crippen LogP contribution in [-0.4, -0.2) is 10.2 Å². The molecule has 0 unspecified atom stereocenters. The molecule has 0 saturated carbocycles. The van der Waals surface area contributed by atoms with Gasteiger partial charge in [-0.25, -0.2) is 0 Å². The summed E-state index contributed by atoms with van der Waals surface area (Å²) in [5.74, 6) is 1.84. The van der Waals surface area contributed by atoms with Crippen LogP contribution in [0.4, 0.5) is 0 Å². The van der Waals surface area contributed by atoms with Crippen LogP contribution in [0.2, 0.25) is 0 Å². The zero-order valence-electron chi connectivity index (χ0n) is 16.7. The zero-order valence-corrected chi connectivity index (χ0v) is 16.7. The highest BCUT2D eigenvalue weighted by Gasteiger charge is 2.23. The lowest BCUT2D eigenvalue weighted by atomic mass is 9.84. The Hall–Kier alpha value is -2.68. The number of allylic oxidation sites excluding steroid dienone is 2. The molecule has 0 aliphatic carbocycles. The van der Waals surface area contributed by atoms with Gasteiger partial charge in [0.25, 0.3) is 0 Å². The number of benzene rings is 2. The van der Waals surface area contributed by atoms with Gasteiger partial charge in [0.15, 0.2) is 0 Å². The Morgan fingerprint density at radius 1 is 0.778 bits per heavy atom. The first-order chi connectivity index (χ1) is 12.5. The second-order valence-electron chi connectivity index (χ2n) is 8.41. The van der Waals surface area contributed by atoms with Gasteiger partial charge in [-0.05, 0) is 48.2 Å². The molecule has 0 radical (unpaired) electrons. The molecule has 0 heterocycles. The van der Waals surface area contributed by atoms with Crippen LogP contribution in [0, 0.1) is 10.8 Å². The number of ether oxygens (including phenoxy) is 1. The maximum atomic E-state index is 9.76. The molecule has 0 atom stereocenters. The molecule has 0 aromatic heterocycles. The first-order valence-corrected chi connectivity index (χ1v) is 9.12. The van der Waals surface area contributed by atoms with E-state index in [2.05, 4.69) is 13.2 Å². The second kappa shape index (κ2) is 7.91. The maximum Gasteiger partial charge on any atom is 0.127 e. The summed E-state index contributed by atoms with van der Waals surface area (Å²) < 4.78 is 6.04. The molecule has 2 aromatic carbocycles. The molecule has 0 amide bonds. The minimum absolute atomic E-state index is 0.176. The Kier molecular flexibility index (Phi) is 6.04. The average Bonchev–Trinajstić information content (AvgIpc) is 2.54. The highest BCUT2D eigenvalue weighted by Crippen LogP contribution is 2.32. The fourth-order valence-corrected chi connectivity index (χ4v) is 2.80. The summed E-state index contributed by atoms with van der Waals surface area (Å²) in [5, 5.41) is 19.5. The third-order valence-corrected chi connectivity index (χ3v) is 4.89. The third kappa shape index (κ3) is 5.65. The molecular formula is C24H30O3. The van der Waals surface area contributed by atoms with Gasteiger partial charge in [0, 0.05) is 10.8 Å². The Balaban J connectivity index is 2.16. The van der Waals surface area contributed by atoms with E-state index < -0.39 is 10.8 Å². The summed E-state index contributed by atoms with van der Waals surface area (Å²) in [4.78, 5) is 0. The molecule has 0 spiro atoms. The van der Waals surface area contributed by atoms with Crippen LogP contribution in [0.3, 0.4) is 0 Å². The molecule has 0 bridgehead atoms. The van der Waals surface area contributed by atoms with Crippen molar-refractivity contribution in [2.75, 3.05) is 0 Å². The Morgan fingerprint density at radius 2 is 1.15 bits per heavy atom. The van der Waals surface area contributed by atoms with Gasteiger partial charge in [0.2, 0.25) is 0 Å². The predicted molar refractivity (Wildman–Crippen MR) is 111 cm³/mol. The summed E-state index contributed by atoms with van der Waals surface area (Å²) in [6, 6.07) is 15.7. The van der Waals surface area contributed by atoms with Gasteiger partial charge in [0.1, 0.15) is 11.5 Å². The lowest BCUT2D eigenvalue weighted by Crippen LogP contribution is -2.17. The second-order valence-corrected chi connectivity index (χ2v) is 8.41. The van der Waals surface area contributed by atoms with E-state index in [9.17, 15) is 10.2 Å². The van der Waals surface area contributed by atoms with Crippen LogP contribution in [0.1, 0.15) is 38.8 Å². The van der Waals surface area contributed by atoms with Gasteiger partial charge in [-0.3, -0.25) is 0 Å². The minimum Gasteiger partial charge on any atom is -0.512 e. The summed E-state index contributed by atoms with van der Waals surface area (Å²) in [6.45, 7) is 15.2. The Morgan fingerprint density at radius 3 is 1.48 bits per heavy atom. The van der Waals surface area contributed by atoms with Crippen molar-refractivity contribution in [2.24, 2.45) is 10.8 Å². The first kappa shape index (κ1) is 20.6. The number of hydrogen-bond acceptors (Lipinski definition) is 3. The van der Waals surface area contributed by atoms with E-state index in [1.807, 2.05) is 76.2 Å². The monoisotopic (exact) mass is 366 g/mol. The fraction of sp³-hybridized carbons (Fsp3) is 0.333. The molecule has 2 N–H and O–H groups in total. The van der Waals surface area contributed by atoms with Crippen molar-refractivity contribution in [1.29, 1.82) is 0 Å². The SMILES string of the molecule is C=C(O)C(C)(C)Cc1cccc(Oc2cccc(CC(C)(C)C(=C)O)c2)c1. The minimum atomic E-state index is -0.392. The number of aliphatic hydroxyl groups excluding tert-OH is 2. The molecule has 0 fully saturated rings. The highest BCUT2D eigenvalue weighted by molar-refractivity contribution is 5.37. The van der Waals surface area contributed by atoms with Gasteiger partial charge in [0.05, 0.1) is 11.5 Å². The smallest absolute Gasteiger partial charge is 0.127 e. The topological polar surface area (TPSA) is 49.7 Å². The predicted octanol–water partition coefficient (Wildman–Crippen LogP) is 6.76. The van der Waals surface area contributed by atoms with Crippen molar-refractivity contribution in [1.82, 2.24) is 0 Å². The van der Waals surface area contributed by atoms with Crippen molar-refractivity contribution in [3.05, 3.63) is 84.3 Å². The summed E-state index contributed by atoms with van der Waals surface area (Å²) in [6.07, 6.45) is 1.35.